The maximum Gasteiger partial charge on any atom is 0.0992 e. The van der Waals surface area contributed by atoms with Crippen LogP contribution in [-0.4, -0.2) is 30.6 Å². The van der Waals surface area contributed by atoms with E-state index < -0.39 is 0 Å². The van der Waals surface area contributed by atoms with Gasteiger partial charge in [-0.05, 0) is 50.0 Å². The quantitative estimate of drug-likeness (QED) is 0.837. The van der Waals surface area contributed by atoms with Gasteiger partial charge < -0.3 is 5.32 Å². The smallest absolute Gasteiger partial charge is 0.0992 e. The molecule has 1 atom stereocenters. The van der Waals surface area contributed by atoms with Crippen molar-refractivity contribution in [3.63, 3.8) is 0 Å². The Kier molecular flexibility index (Phi) is 6.50. The molecule has 1 N–H and O–H groups in total. The molecule has 1 fully saturated rings. The Bertz CT molecular complexity index is 489. The highest BCUT2D eigenvalue weighted by molar-refractivity contribution is 6.31. The topological polar surface area (TPSA) is 39.1 Å². The summed E-state index contributed by atoms with van der Waals surface area (Å²) in [6.45, 7) is 6.41. The first-order valence-electron chi connectivity index (χ1n) is 7.87. The van der Waals surface area contributed by atoms with Crippen LogP contribution in [0.3, 0.4) is 0 Å². The lowest BCUT2D eigenvalue weighted by molar-refractivity contribution is 0.237. The summed E-state index contributed by atoms with van der Waals surface area (Å²) in [6.07, 6.45) is 4.96. The predicted octanol–water partition coefficient (Wildman–Crippen LogP) is 3.57. The summed E-state index contributed by atoms with van der Waals surface area (Å²) >= 11 is 6.31. The Labute approximate surface area is 132 Å². The minimum Gasteiger partial charge on any atom is -0.313 e. The van der Waals surface area contributed by atoms with Crippen molar-refractivity contribution in [2.45, 2.75) is 45.2 Å². The van der Waals surface area contributed by atoms with E-state index in [9.17, 15) is 0 Å². The minimum atomic E-state index is 0.610. The van der Waals surface area contributed by atoms with Crippen molar-refractivity contribution in [3.8, 4) is 6.07 Å². The van der Waals surface area contributed by atoms with E-state index in [1.807, 2.05) is 12.1 Å². The number of hydrogen-bond acceptors (Lipinski definition) is 3. The molecule has 0 aromatic heterocycles. The predicted molar refractivity (Wildman–Crippen MR) is 87.4 cm³/mol. The Balaban J connectivity index is 2.01. The maximum absolute atomic E-state index is 8.91. The maximum atomic E-state index is 8.91. The number of nitrogens with zero attached hydrogens (tertiary/aromatic N) is 2. The molecule has 1 unspecified atom stereocenters. The van der Waals surface area contributed by atoms with Crippen LogP contribution in [0.1, 0.15) is 43.7 Å². The summed E-state index contributed by atoms with van der Waals surface area (Å²) in [6, 6.07) is 8.35. The van der Waals surface area contributed by atoms with Crippen LogP contribution < -0.4 is 5.32 Å². The van der Waals surface area contributed by atoms with Crippen molar-refractivity contribution in [2.24, 2.45) is 0 Å². The molecule has 1 heterocycles. The second-order valence-corrected chi connectivity index (χ2v) is 6.21. The SMILES string of the molecule is CCCCN(Cc1ccc(C#N)cc1Cl)CC1CCCN1. The Hall–Kier alpha value is -1.08. The Morgan fingerprint density at radius 1 is 1.48 bits per heavy atom. The lowest BCUT2D eigenvalue weighted by Crippen LogP contribution is -2.37. The zero-order valence-corrected chi connectivity index (χ0v) is 13.5. The van der Waals surface area contributed by atoms with E-state index in [2.05, 4.69) is 23.2 Å². The van der Waals surface area contributed by atoms with E-state index in [0.29, 0.717) is 16.6 Å². The van der Waals surface area contributed by atoms with Crippen LogP contribution in [-0.2, 0) is 6.54 Å². The van der Waals surface area contributed by atoms with Gasteiger partial charge in [0.1, 0.15) is 0 Å². The third-order valence-corrected chi connectivity index (χ3v) is 4.40. The standard InChI is InChI=1S/C17H24ClN3/c1-2-3-9-21(13-16-5-4-8-20-16)12-15-7-6-14(11-19)10-17(15)18/h6-7,10,16,20H,2-5,8-9,12-13H2,1H3. The molecule has 0 aliphatic carbocycles. The third-order valence-electron chi connectivity index (χ3n) is 4.04. The zero-order valence-electron chi connectivity index (χ0n) is 12.7. The van der Waals surface area contributed by atoms with Crippen molar-refractivity contribution in [1.29, 1.82) is 5.26 Å². The van der Waals surface area contributed by atoms with Crippen LogP contribution in [0.15, 0.2) is 18.2 Å². The molecule has 21 heavy (non-hydrogen) atoms. The van der Waals surface area contributed by atoms with E-state index >= 15 is 0 Å². The molecule has 0 radical (unpaired) electrons. The molecule has 0 saturated carbocycles. The fourth-order valence-corrected chi connectivity index (χ4v) is 3.07. The van der Waals surface area contributed by atoms with Crippen LogP contribution in [0.25, 0.3) is 0 Å². The van der Waals surface area contributed by atoms with Gasteiger partial charge in [0.15, 0.2) is 0 Å². The van der Waals surface area contributed by atoms with Crippen molar-refractivity contribution in [3.05, 3.63) is 34.3 Å². The fourth-order valence-electron chi connectivity index (χ4n) is 2.83. The number of nitrogens with one attached hydrogen (secondary N) is 1. The Morgan fingerprint density at radius 3 is 2.95 bits per heavy atom. The summed E-state index contributed by atoms with van der Waals surface area (Å²) in [4.78, 5) is 2.49. The van der Waals surface area contributed by atoms with E-state index in [-0.39, 0.29) is 0 Å². The van der Waals surface area contributed by atoms with Gasteiger partial charge in [0.2, 0.25) is 0 Å². The van der Waals surface area contributed by atoms with Gasteiger partial charge in [-0.1, -0.05) is 31.0 Å². The van der Waals surface area contributed by atoms with Crippen molar-refractivity contribution < 1.29 is 0 Å². The summed E-state index contributed by atoms with van der Waals surface area (Å²) < 4.78 is 0. The largest absolute Gasteiger partial charge is 0.313 e. The highest BCUT2D eigenvalue weighted by atomic mass is 35.5. The van der Waals surface area contributed by atoms with Crippen molar-refractivity contribution >= 4 is 11.6 Å². The highest BCUT2D eigenvalue weighted by Crippen LogP contribution is 2.20. The molecule has 1 saturated heterocycles. The molecule has 4 heteroatoms. The van der Waals surface area contributed by atoms with Gasteiger partial charge in [-0.2, -0.15) is 5.26 Å². The van der Waals surface area contributed by atoms with Crippen LogP contribution in [0, 0.1) is 11.3 Å². The van der Waals surface area contributed by atoms with Crippen LogP contribution in [0.2, 0.25) is 5.02 Å². The summed E-state index contributed by atoms with van der Waals surface area (Å²) in [5.41, 5.74) is 1.74. The van der Waals surface area contributed by atoms with Gasteiger partial charge in [-0.3, -0.25) is 4.90 Å². The number of hydrogen-bond donors (Lipinski definition) is 1. The van der Waals surface area contributed by atoms with E-state index in [0.717, 1.165) is 31.7 Å². The summed E-state index contributed by atoms with van der Waals surface area (Å²) in [5.74, 6) is 0. The monoisotopic (exact) mass is 305 g/mol. The Morgan fingerprint density at radius 2 is 2.33 bits per heavy atom. The molecule has 1 aliphatic heterocycles. The fraction of sp³-hybridized carbons (Fsp3) is 0.588. The van der Waals surface area contributed by atoms with Crippen LogP contribution in [0.5, 0.6) is 0 Å². The lowest BCUT2D eigenvalue weighted by atomic mass is 10.1. The highest BCUT2D eigenvalue weighted by Gasteiger charge is 2.18. The van der Waals surface area contributed by atoms with E-state index in [4.69, 9.17) is 16.9 Å². The number of rotatable bonds is 7. The second-order valence-electron chi connectivity index (χ2n) is 5.80. The lowest BCUT2D eigenvalue weighted by Gasteiger charge is -2.26. The number of halogens is 1. The average Bonchev–Trinajstić information content (AvgIpc) is 2.99. The molecular formula is C17H24ClN3. The molecule has 114 valence electrons. The number of nitriles is 1. The second kappa shape index (κ2) is 8.38. The molecule has 0 bridgehead atoms. The van der Waals surface area contributed by atoms with Gasteiger partial charge in [-0.15, -0.1) is 0 Å². The van der Waals surface area contributed by atoms with Gasteiger partial charge in [-0.25, -0.2) is 0 Å². The van der Waals surface area contributed by atoms with Gasteiger partial charge in [0.05, 0.1) is 11.6 Å². The molecule has 1 aliphatic rings. The third kappa shape index (κ3) is 5.00. The molecule has 3 nitrogen and oxygen atoms in total. The summed E-state index contributed by atoms with van der Waals surface area (Å²) in [7, 11) is 0. The van der Waals surface area contributed by atoms with E-state index in [1.54, 1.807) is 6.07 Å². The average molecular weight is 306 g/mol. The molecule has 0 amide bonds. The van der Waals surface area contributed by atoms with E-state index in [1.165, 1.54) is 25.7 Å². The first kappa shape index (κ1) is 16.3. The summed E-state index contributed by atoms with van der Waals surface area (Å²) in [5, 5.41) is 13.2. The molecule has 1 aromatic rings. The van der Waals surface area contributed by atoms with Crippen molar-refractivity contribution in [1.82, 2.24) is 10.2 Å². The van der Waals surface area contributed by atoms with Gasteiger partial charge >= 0.3 is 0 Å². The number of benzene rings is 1. The number of unbranched alkanes of at least 4 members (excludes halogenated alkanes) is 1. The first-order chi connectivity index (χ1) is 10.2. The zero-order chi connectivity index (χ0) is 15.1. The van der Waals surface area contributed by atoms with Crippen molar-refractivity contribution in [2.75, 3.05) is 19.6 Å². The molecule has 2 rings (SSSR count). The van der Waals surface area contributed by atoms with Gasteiger partial charge in [0.25, 0.3) is 0 Å². The van der Waals surface area contributed by atoms with Crippen LogP contribution >= 0.6 is 11.6 Å². The van der Waals surface area contributed by atoms with Crippen LogP contribution in [0.4, 0.5) is 0 Å². The minimum absolute atomic E-state index is 0.610. The van der Waals surface area contributed by atoms with Gasteiger partial charge in [0, 0.05) is 24.2 Å². The molecular weight excluding hydrogens is 282 g/mol. The molecule has 0 spiro atoms. The first-order valence-corrected chi connectivity index (χ1v) is 8.25. The normalized spacial score (nSPS) is 18.1. The molecule has 1 aromatic carbocycles.